The highest BCUT2D eigenvalue weighted by Crippen LogP contribution is 2.28. The molecule has 20 heavy (non-hydrogen) atoms. The third-order valence-corrected chi connectivity index (χ3v) is 3.92. The van der Waals surface area contributed by atoms with Crippen molar-refractivity contribution in [2.45, 2.75) is 13.0 Å². The third-order valence-electron chi connectivity index (χ3n) is 2.53. The van der Waals surface area contributed by atoms with E-state index < -0.39 is 28.7 Å². The van der Waals surface area contributed by atoms with E-state index in [1.54, 1.807) is 13.2 Å². The van der Waals surface area contributed by atoms with Crippen LogP contribution >= 0.6 is 23.2 Å². The van der Waals surface area contributed by atoms with Crippen molar-refractivity contribution in [2.75, 3.05) is 18.6 Å². The summed E-state index contributed by atoms with van der Waals surface area (Å²) >= 11 is 11.6. The fraction of sp³-hybridized carbons (Fsp3) is 0.417. The fourth-order valence-corrected chi connectivity index (χ4v) is 2.44. The van der Waals surface area contributed by atoms with Crippen LogP contribution in [0.3, 0.4) is 0 Å². The highest BCUT2D eigenvalue weighted by molar-refractivity contribution is 7.84. The van der Waals surface area contributed by atoms with Crippen molar-refractivity contribution in [3.05, 3.63) is 33.6 Å². The van der Waals surface area contributed by atoms with Crippen LogP contribution in [-0.2, 0) is 10.8 Å². The van der Waals surface area contributed by atoms with Gasteiger partial charge in [0.15, 0.2) is 0 Å². The molecule has 0 aliphatic heterocycles. The molecule has 112 valence electrons. The monoisotopic (exact) mass is 340 g/mol. The predicted octanol–water partition coefficient (Wildman–Crippen LogP) is 2.87. The summed E-state index contributed by atoms with van der Waals surface area (Å²) in [6.45, 7) is 1.97. The molecule has 4 nitrogen and oxygen atoms in total. The van der Waals surface area contributed by atoms with Gasteiger partial charge in [0.1, 0.15) is 5.82 Å². The second kappa shape index (κ2) is 7.81. The molecule has 2 atom stereocenters. The minimum absolute atomic E-state index is 0.0687. The Morgan fingerprint density at radius 2 is 2.05 bits per heavy atom. The number of nitrogens with one attached hydrogen (secondary N) is 2. The zero-order valence-electron chi connectivity index (χ0n) is 11.0. The number of benzene rings is 1. The number of amides is 2. The van der Waals surface area contributed by atoms with Crippen LogP contribution in [0.2, 0.25) is 10.0 Å². The Hall–Kier alpha value is -0.850. The maximum atomic E-state index is 13.4. The van der Waals surface area contributed by atoms with Gasteiger partial charge in [-0.3, -0.25) is 4.21 Å². The average Bonchev–Trinajstić information content (AvgIpc) is 2.33. The lowest BCUT2D eigenvalue weighted by Crippen LogP contribution is -2.38. The summed E-state index contributed by atoms with van der Waals surface area (Å²) < 4.78 is 24.2. The molecule has 0 aliphatic rings. The largest absolute Gasteiger partial charge is 0.337 e. The first-order chi connectivity index (χ1) is 9.31. The summed E-state index contributed by atoms with van der Waals surface area (Å²) in [5, 5.41) is 5.38. The first-order valence-electron chi connectivity index (χ1n) is 5.80. The van der Waals surface area contributed by atoms with Crippen LogP contribution in [0.15, 0.2) is 12.1 Å². The summed E-state index contributed by atoms with van der Waals surface area (Å²) in [5.41, 5.74) is 0.433. The maximum Gasteiger partial charge on any atom is 0.315 e. The van der Waals surface area contributed by atoms with Gasteiger partial charge in [0.25, 0.3) is 0 Å². The molecule has 1 aromatic carbocycles. The number of carbonyl (C=O) groups is 1. The molecule has 1 aromatic rings. The van der Waals surface area contributed by atoms with Gasteiger partial charge in [-0.15, -0.1) is 0 Å². The van der Waals surface area contributed by atoms with Gasteiger partial charge < -0.3 is 10.6 Å². The topological polar surface area (TPSA) is 58.2 Å². The van der Waals surface area contributed by atoms with Crippen LogP contribution in [0.5, 0.6) is 0 Å². The van der Waals surface area contributed by atoms with Crippen molar-refractivity contribution >= 4 is 40.0 Å². The lowest BCUT2D eigenvalue weighted by Gasteiger charge is -2.16. The number of rotatable bonds is 5. The van der Waals surface area contributed by atoms with Gasteiger partial charge in [0.2, 0.25) is 0 Å². The number of hydrogen-bond donors (Lipinski definition) is 2. The standard InChI is InChI=1S/C12H15Cl2FN2O2S/c1-7(17-12(18)16-3-4-20(2)19)8-5-11(15)10(14)6-9(8)13/h5-7H,3-4H2,1-2H3,(H2,16,17,18)/t7-,20+/m1/s1. The van der Waals surface area contributed by atoms with Gasteiger partial charge >= 0.3 is 6.03 Å². The molecule has 0 aliphatic carbocycles. The smallest absolute Gasteiger partial charge is 0.315 e. The van der Waals surface area contributed by atoms with Crippen molar-refractivity contribution in [1.29, 1.82) is 0 Å². The van der Waals surface area contributed by atoms with Gasteiger partial charge in [0.05, 0.1) is 11.1 Å². The zero-order chi connectivity index (χ0) is 15.3. The molecule has 0 aromatic heterocycles. The number of halogens is 3. The van der Waals surface area contributed by atoms with E-state index in [0.717, 1.165) is 0 Å². The zero-order valence-corrected chi connectivity index (χ0v) is 13.3. The molecule has 2 amide bonds. The quantitative estimate of drug-likeness (QED) is 0.809. The van der Waals surface area contributed by atoms with Crippen molar-refractivity contribution in [2.24, 2.45) is 0 Å². The van der Waals surface area contributed by atoms with E-state index in [2.05, 4.69) is 10.6 Å². The average molecular weight is 341 g/mol. The van der Waals surface area contributed by atoms with Crippen LogP contribution in [0.25, 0.3) is 0 Å². The summed E-state index contributed by atoms with van der Waals surface area (Å²) in [5.74, 6) is -0.223. The van der Waals surface area contributed by atoms with Crippen LogP contribution < -0.4 is 10.6 Å². The molecule has 0 spiro atoms. The van der Waals surface area contributed by atoms with Crippen LogP contribution in [-0.4, -0.2) is 28.8 Å². The van der Waals surface area contributed by atoms with Crippen LogP contribution in [0.4, 0.5) is 9.18 Å². The Morgan fingerprint density at radius 3 is 2.65 bits per heavy atom. The van der Waals surface area contributed by atoms with Gasteiger partial charge in [-0.25, -0.2) is 9.18 Å². The Balaban J connectivity index is 2.62. The molecule has 1 rings (SSSR count). The summed E-state index contributed by atoms with van der Waals surface area (Å²) in [6, 6.07) is 1.57. The second-order valence-electron chi connectivity index (χ2n) is 4.19. The van der Waals surface area contributed by atoms with Crippen LogP contribution in [0.1, 0.15) is 18.5 Å². The van der Waals surface area contributed by atoms with E-state index in [9.17, 15) is 13.4 Å². The van der Waals surface area contributed by atoms with E-state index in [0.29, 0.717) is 17.9 Å². The molecular formula is C12H15Cl2FN2O2S. The van der Waals surface area contributed by atoms with Crippen LogP contribution in [0, 0.1) is 5.82 Å². The highest BCUT2D eigenvalue weighted by atomic mass is 35.5. The SMILES string of the molecule is C[C@@H](NC(=O)NCC[S@](C)=O)c1cc(F)c(Cl)cc1Cl. The molecule has 8 heteroatoms. The second-order valence-corrected chi connectivity index (χ2v) is 6.56. The normalized spacial score (nSPS) is 13.7. The maximum absolute atomic E-state index is 13.4. The lowest BCUT2D eigenvalue weighted by molar-refractivity contribution is 0.238. The molecule has 0 saturated heterocycles. The summed E-state index contributed by atoms with van der Waals surface area (Å²) in [4.78, 5) is 11.6. The Labute approximate surface area is 129 Å². The summed E-state index contributed by atoms with van der Waals surface area (Å²) in [7, 11) is -0.968. The molecule has 0 bridgehead atoms. The van der Waals surface area contributed by atoms with Gasteiger partial charge in [-0.05, 0) is 24.6 Å². The minimum Gasteiger partial charge on any atom is -0.337 e. The molecule has 0 heterocycles. The van der Waals surface area contributed by atoms with Crippen molar-refractivity contribution in [3.63, 3.8) is 0 Å². The van der Waals surface area contributed by atoms with Crippen molar-refractivity contribution < 1.29 is 13.4 Å². The van der Waals surface area contributed by atoms with E-state index in [1.807, 2.05) is 0 Å². The van der Waals surface area contributed by atoms with Crippen molar-refractivity contribution in [3.8, 4) is 0 Å². The molecule has 0 saturated carbocycles. The first kappa shape index (κ1) is 17.2. The Morgan fingerprint density at radius 1 is 1.40 bits per heavy atom. The number of urea groups is 1. The van der Waals surface area contributed by atoms with Gasteiger partial charge in [-0.1, -0.05) is 23.2 Å². The van der Waals surface area contributed by atoms with E-state index in [1.165, 1.54) is 12.1 Å². The third kappa shape index (κ3) is 5.26. The molecule has 2 N–H and O–H groups in total. The lowest BCUT2D eigenvalue weighted by atomic mass is 10.1. The Bertz CT molecular complexity index is 528. The van der Waals surface area contributed by atoms with Gasteiger partial charge in [0, 0.05) is 34.4 Å². The molecule has 0 unspecified atom stereocenters. The predicted molar refractivity (Wildman–Crippen MR) is 80.3 cm³/mol. The van der Waals surface area contributed by atoms with Crippen molar-refractivity contribution in [1.82, 2.24) is 10.6 Å². The number of hydrogen-bond acceptors (Lipinski definition) is 2. The molecule has 0 fully saturated rings. The molecular weight excluding hydrogens is 326 g/mol. The number of carbonyl (C=O) groups excluding carboxylic acids is 1. The molecule has 0 radical (unpaired) electrons. The fourth-order valence-electron chi connectivity index (χ4n) is 1.50. The van der Waals surface area contributed by atoms with E-state index in [-0.39, 0.29) is 10.0 Å². The van der Waals surface area contributed by atoms with E-state index >= 15 is 0 Å². The van der Waals surface area contributed by atoms with Gasteiger partial charge in [-0.2, -0.15) is 0 Å². The first-order valence-corrected chi connectivity index (χ1v) is 8.28. The Kier molecular flexibility index (Phi) is 6.71. The minimum atomic E-state index is -0.968. The summed E-state index contributed by atoms with van der Waals surface area (Å²) in [6.07, 6.45) is 1.55. The van der Waals surface area contributed by atoms with E-state index in [4.69, 9.17) is 23.2 Å². The highest BCUT2D eigenvalue weighted by Gasteiger charge is 2.15.